The molecule has 3 aromatic rings. The van der Waals surface area contributed by atoms with E-state index >= 15 is 0 Å². The molecule has 1 aromatic heterocycles. The summed E-state index contributed by atoms with van der Waals surface area (Å²) in [5.41, 5.74) is 3.84. The van der Waals surface area contributed by atoms with Gasteiger partial charge in [0.05, 0.1) is 6.04 Å². The molecule has 0 fully saturated rings. The fourth-order valence-corrected chi connectivity index (χ4v) is 3.56. The number of H-pyrrole nitrogens is 1. The molecule has 1 atom stereocenters. The first-order valence-corrected chi connectivity index (χ1v) is 8.57. The average Bonchev–Trinajstić information content (AvgIpc) is 3.19. The van der Waals surface area contributed by atoms with Crippen LogP contribution >= 0.6 is 0 Å². The number of aromatic amines is 1. The summed E-state index contributed by atoms with van der Waals surface area (Å²) in [5, 5.41) is 17.5. The summed E-state index contributed by atoms with van der Waals surface area (Å²) in [5.74, 6) is -0.463. The molecular weight excluding hydrogens is 345 g/mol. The Morgan fingerprint density at radius 2 is 2.04 bits per heavy atom. The van der Waals surface area contributed by atoms with Crippen molar-refractivity contribution in [1.29, 1.82) is 0 Å². The molecule has 4 rings (SSSR count). The van der Waals surface area contributed by atoms with Gasteiger partial charge in [0.15, 0.2) is 0 Å². The van der Waals surface area contributed by atoms with Gasteiger partial charge in [0, 0.05) is 17.7 Å². The Labute approximate surface area is 155 Å². The predicted octanol–water partition coefficient (Wildman–Crippen LogP) is 3.96. The van der Waals surface area contributed by atoms with Gasteiger partial charge in [-0.2, -0.15) is 5.10 Å². The van der Waals surface area contributed by atoms with E-state index in [0.29, 0.717) is 29.1 Å². The van der Waals surface area contributed by atoms with Gasteiger partial charge < -0.3 is 10.0 Å². The number of carbonyl (C=O) groups is 1. The molecule has 2 heterocycles. The van der Waals surface area contributed by atoms with E-state index in [4.69, 9.17) is 0 Å². The van der Waals surface area contributed by atoms with Crippen LogP contribution in [0, 0.1) is 12.7 Å². The molecule has 5 nitrogen and oxygen atoms in total. The number of nitrogens with one attached hydrogen (secondary N) is 1. The molecule has 6 heteroatoms. The molecule has 0 aliphatic carbocycles. The van der Waals surface area contributed by atoms with E-state index in [9.17, 15) is 14.3 Å². The third kappa shape index (κ3) is 2.70. The van der Waals surface area contributed by atoms with Crippen LogP contribution in [0.1, 0.15) is 33.2 Å². The minimum absolute atomic E-state index is 0.0855. The van der Waals surface area contributed by atoms with Gasteiger partial charge in [0.2, 0.25) is 0 Å². The maximum atomic E-state index is 13.4. The number of aromatic hydroxyl groups is 1. The average molecular weight is 363 g/mol. The highest BCUT2D eigenvalue weighted by atomic mass is 19.1. The van der Waals surface area contributed by atoms with E-state index in [1.165, 1.54) is 12.1 Å². The number of phenols is 1. The summed E-state index contributed by atoms with van der Waals surface area (Å²) < 4.78 is 13.4. The van der Waals surface area contributed by atoms with Crippen LogP contribution in [0.5, 0.6) is 5.75 Å². The van der Waals surface area contributed by atoms with Crippen molar-refractivity contribution in [2.45, 2.75) is 13.0 Å². The molecule has 0 saturated heterocycles. The molecular formula is C21H18FN3O2. The number of hydrogen-bond acceptors (Lipinski definition) is 3. The molecule has 0 saturated carbocycles. The van der Waals surface area contributed by atoms with E-state index < -0.39 is 6.04 Å². The number of aromatic nitrogens is 2. The number of nitrogens with zero attached hydrogens (tertiary/aromatic N) is 2. The van der Waals surface area contributed by atoms with Crippen molar-refractivity contribution >= 4 is 5.91 Å². The molecule has 1 amide bonds. The van der Waals surface area contributed by atoms with Gasteiger partial charge in [-0.3, -0.25) is 9.89 Å². The molecule has 1 aliphatic heterocycles. The van der Waals surface area contributed by atoms with Crippen LogP contribution in [0.3, 0.4) is 0 Å². The van der Waals surface area contributed by atoms with Crippen LogP contribution in [-0.4, -0.2) is 32.7 Å². The lowest BCUT2D eigenvalue weighted by molar-refractivity contribution is 0.0764. The molecule has 0 spiro atoms. The Balaban J connectivity index is 1.93. The number of amides is 1. The zero-order valence-electron chi connectivity index (χ0n) is 14.7. The van der Waals surface area contributed by atoms with Crippen molar-refractivity contribution in [3.8, 4) is 17.0 Å². The number of phenolic OH excluding ortho intramolecular Hbond substituents is 1. The maximum Gasteiger partial charge on any atom is 0.273 e. The van der Waals surface area contributed by atoms with E-state index in [1.807, 2.05) is 13.0 Å². The number of rotatable bonds is 4. The Morgan fingerprint density at radius 3 is 2.74 bits per heavy atom. The lowest BCUT2D eigenvalue weighted by Crippen LogP contribution is -2.29. The standard InChI is InChI=1S/C21H18FN3O2/c1-3-10-25-20(13-5-7-14(22)8-6-13)17-18(23-24-19(17)21(25)27)15-11-12(2)4-9-16(15)26/h3-9,11,20,26H,1,10H2,2H3,(H,23,24). The first-order valence-electron chi connectivity index (χ1n) is 8.57. The molecule has 27 heavy (non-hydrogen) atoms. The van der Waals surface area contributed by atoms with E-state index in [2.05, 4.69) is 16.8 Å². The van der Waals surface area contributed by atoms with Crippen molar-refractivity contribution in [3.63, 3.8) is 0 Å². The fraction of sp³-hybridized carbons (Fsp3) is 0.143. The Bertz CT molecular complexity index is 1040. The van der Waals surface area contributed by atoms with Crippen molar-refractivity contribution in [3.05, 3.63) is 83.3 Å². The highest BCUT2D eigenvalue weighted by molar-refractivity contribution is 6.00. The van der Waals surface area contributed by atoms with Gasteiger partial charge in [-0.1, -0.05) is 29.8 Å². The number of fused-ring (bicyclic) bond motifs is 1. The second-order valence-electron chi connectivity index (χ2n) is 6.58. The number of carbonyl (C=O) groups excluding carboxylic acids is 1. The van der Waals surface area contributed by atoms with E-state index in [0.717, 1.165) is 11.1 Å². The highest BCUT2D eigenvalue weighted by Crippen LogP contribution is 2.44. The van der Waals surface area contributed by atoms with Crippen LogP contribution in [0.25, 0.3) is 11.3 Å². The summed E-state index contributed by atoms with van der Waals surface area (Å²) in [6.07, 6.45) is 1.65. The Morgan fingerprint density at radius 1 is 1.30 bits per heavy atom. The third-order valence-electron chi connectivity index (χ3n) is 4.78. The first-order chi connectivity index (χ1) is 13.0. The summed E-state index contributed by atoms with van der Waals surface area (Å²) in [6.45, 7) is 5.99. The summed E-state index contributed by atoms with van der Waals surface area (Å²) in [7, 11) is 0. The van der Waals surface area contributed by atoms with Crippen molar-refractivity contribution in [1.82, 2.24) is 15.1 Å². The van der Waals surface area contributed by atoms with Crippen molar-refractivity contribution < 1.29 is 14.3 Å². The van der Waals surface area contributed by atoms with Crippen LogP contribution in [0.15, 0.2) is 55.1 Å². The van der Waals surface area contributed by atoms with Crippen LogP contribution in [-0.2, 0) is 0 Å². The number of hydrogen-bond donors (Lipinski definition) is 2. The topological polar surface area (TPSA) is 69.2 Å². The zero-order valence-corrected chi connectivity index (χ0v) is 14.7. The normalized spacial score (nSPS) is 15.9. The van der Waals surface area contributed by atoms with Gasteiger partial charge in [0.25, 0.3) is 5.91 Å². The number of benzene rings is 2. The van der Waals surface area contributed by atoms with Crippen molar-refractivity contribution in [2.75, 3.05) is 6.54 Å². The summed E-state index contributed by atoms with van der Waals surface area (Å²) in [4.78, 5) is 14.6. The van der Waals surface area contributed by atoms with Crippen molar-refractivity contribution in [2.24, 2.45) is 0 Å². The SMILES string of the molecule is C=CCN1C(=O)c2[nH]nc(-c3cc(C)ccc3O)c2C1c1ccc(F)cc1. The second-order valence-corrected chi connectivity index (χ2v) is 6.58. The van der Waals surface area contributed by atoms with E-state index in [1.54, 1.807) is 35.2 Å². The first kappa shape index (κ1) is 17.0. The second kappa shape index (κ2) is 6.39. The van der Waals surface area contributed by atoms with Gasteiger partial charge in [0.1, 0.15) is 23.0 Å². The molecule has 2 N–H and O–H groups in total. The molecule has 1 aliphatic rings. The summed E-state index contributed by atoms with van der Waals surface area (Å²) >= 11 is 0. The Hall–Kier alpha value is -3.41. The van der Waals surface area contributed by atoms with Gasteiger partial charge in [-0.05, 0) is 36.8 Å². The maximum absolute atomic E-state index is 13.4. The number of halogens is 1. The minimum Gasteiger partial charge on any atom is -0.507 e. The zero-order chi connectivity index (χ0) is 19.1. The molecule has 0 radical (unpaired) electrons. The van der Waals surface area contributed by atoms with Gasteiger partial charge in [-0.25, -0.2) is 4.39 Å². The van der Waals surface area contributed by atoms with E-state index in [-0.39, 0.29) is 17.5 Å². The molecule has 0 bridgehead atoms. The minimum atomic E-state index is -0.445. The lowest BCUT2D eigenvalue weighted by Gasteiger charge is -2.25. The van der Waals surface area contributed by atoms with Gasteiger partial charge >= 0.3 is 0 Å². The molecule has 2 aromatic carbocycles. The van der Waals surface area contributed by atoms with Gasteiger partial charge in [-0.15, -0.1) is 6.58 Å². The smallest absolute Gasteiger partial charge is 0.273 e. The quantitative estimate of drug-likeness (QED) is 0.690. The fourth-order valence-electron chi connectivity index (χ4n) is 3.56. The van der Waals surface area contributed by atoms with Crippen LogP contribution in [0.2, 0.25) is 0 Å². The predicted molar refractivity (Wildman–Crippen MR) is 99.9 cm³/mol. The Kier molecular flexibility index (Phi) is 4.03. The molecule has 1 unspecified atom stereocenters. The van der Waals surface area contributed by atoms with Crippen LogP contribution < -0.4 is 0 Å². The lowest BCUT2D eigenvalue weighted by atomic mass is 9.95. The summed E-state index contributed by atoms with van der Waals surface area (Å²) in [6, 6.07) is 10.8. The number of aryl methyl sites for hydroxylation is 1. The largest absolute Gasteiger partial charge is 0.507 e. The monoisotopic (exact) mass is 363 g/mol. The van der Waals surface area contributed by atoms with Crippen LogP contribution in [0.4, 0.5) is 4.39 Å². The highest BCUT2D eigenvalue weighted by Gasteiger charge is 2.41. The third-order valence-corrected chi connectivity index (χ3v) is 4.78. The molecule has 136 valence electrons.